The van der Waals surface area contributed by atoms with Crippen molar-refractivity contribution in [3.8, 4) is 23.3 Å². The van der Waals surface area contributed by atoms with Crippen LogP contribution in [0.1, 0.15) is 22.7 Å². The third-order valence-electron chi connectivity index (χ3n) is 4.76. The Morgan fingerprint density at radius 2 is 2.07 bits per heavy atom. The van der Waals surface area contributed by atoms with Gasteiger partial charge >= 0.3 is 0 Å². The number of hydrogen-bond acceptors (Lipinski definition) is 7. The summed E-state index contributed by atoms with van der Waals surface area (Å²) in [7, 11) is 3.03. The molecule has 1 atom stereocenters. The number of nitrogens with two attached hydrogens (primary N) is 1. The maximum absolute atomic E-state index is 13.3. The molecule has 8 heteroatoms. The van der Waals surface area contributed by atoms with E-state index in [4.69, 9.17) is 19.9 Å². The van der Waals surface area contributed by atoms with Crippen molar-refractivity contribution in [2.24, 2.45) is 5.73 Å². The van der Waals surface area contributed by atoms with Crippen molar-refractivity contribution in [1.29, 1.82) is 5.26 Å². The second-order valence-electron chi connectivity index (χ2n) is 6.28. The van der Waals surface area contributed by atoms with Crippen molar-refractivity contribution in [2.45, 2.75) is 19.4 Å². The largest absolute Gasteiger partial charge is 0.497 e. The van der Waals surface area contributed by atoms with Crippen LogP contribution in [0.2, 0.25) is 0 Å². The molecule has 0 saturated heterocycles. The number of allylic oxidation sites excluding steroid dienone is 1. The molecule has 0 aliphatic carbocycles. The first kappa shape index (κ1) is 19.3. The van der Waals surface area contributed by atoms with Crippen LogP contribution in [0.5, 0.6) is 17.2 Å². The molecule has 0 spiro atoms. The molecule has 3 rings (SSSR count). The van der Waals surface area contributed by atoms with Crippen LogP contribution in [0, 0.1) is 18.3 Å². The van der Waals surface area contributed by atoms with Crippen molar-refractivity contribution < 1.29 is 19.3 Å². The molecule has 3 N–H and O–H groups in total. The highest BCUT2D eigenvalue weighted by Crippen LogP contribution is 2.44. The Morgan fingerprint density at radius 3 is 2.68 bits per heavy atom. The lowest BCUT2D eigenvalue weighted by Crippen LogP contribution is -2.33. The van der Waals surface area contributed by atoms with Gasteiger partial charge in [-0.15, -0.1) is 0 Å². The average Bonchev–Trinajstić information content (AvgIpc) is 2.69. The molecule has 0 fully saturated rings. The number of benzene rings is 1. The highest BCUT2D eigenvalue weighted by molar-refractivity contribution is 5.59. The van der Waals surface area contributed by atoms with Crippen molar-refractivity contribution >= 4 is 0 Å². The molecule has 1 aromatic heterocycles. The van der Waals surface area contributed by atoms with Gasteiger partial charge in [0.25, 0.3) is 5.56 Å². The highest BCUT2D eigenvalue weighted by Gasteiger charge is 2.36. The molecule has 1 unspecified atom stereocenters. The predicted octanol–water partition coefficient (Wildman–Crippen LogP) is 1.38. The van der Waals surface area contributed by atoms with Gasteiger partial charge in [-0.3, -0.25) is 4.79 Å². The number of methoxy groups -OCH3 is 2. The van der Waals surface area contributed by atoms with E-state index in [2.05, 4.69) is 6.07 Å². The number of rotatable bonds is 5. The zero-order chi connectivity index (χ0) is 20.4. The van der Waals surface area contributed by atoms with E-state index in [1.165, 1.54) is 18.8 Å². The molecular formula is C20H21N3O5. The second-order valence-corrected chi connectivity index (χ2v) is 6.28. The molecule has 8 nitrogen and oxygen atoms in total. The number of fused-ring (bicyclic) bond motifs is 1. The van der Waals surface area contributed by atoms with E-state index in [-0.39, 0.29) is 41.5 Å². The molecule has 0 radical (unpaired) electrons. The summed E-state index contributed by atoms with van der Waals surface area (Å²) in [6, 6.07) is 8.87. The van der Waals surface area contributed by atoms with Crippen molar-refractivity contribution in [3.63, 3.8) is 0 Å². The molecule has 0 bridgehead atoms. The van der Waals surface area contributed by atoms with Gasteiger partial charge in [-0.05, 0) is 25.1 Å². The smallest absolute Gasteiger partial charge is 0.258 e. The number of aliphatic hydroxyl groups excluding tert-OH is 1. The molecule has 2 aromatic rings. The molecule has 0 amide bonds. The maximum Gasteiger partial charge on any atom is 0.258 e. The Morgan fingerprint density at radius 1 is 1.32 bits per heavy atom. The Kier molecular flexibility index (Phi) is 5.29. The molecule has 1 aliphatic rings. The molecule has 146 valence electrons. The monoisotopic (exact) mass is 383 g/mol. The van der Waals surface area contributed by atoms with Crippen LogP contribution in [-0.4, -0.2) is 30.5 Å². The van der Waals surface area contributed by atoms with Crippen LogP contribution in [0.15, 0.2) is 40.5 Å². The number of aromatic nitrogens is 1. The van der Waals surface area contributed by atoms with Gasteiger partial charge in [-0.25, -0.2) is 0 Å². The predicted molar refractivity (Wildman–Crippen MR) is 101 cm³/mol. The normalized spacial score (nSPS) is 15.5. The minimum Gasteiger partial charge on any atom is -0.497 e. The van der Waals surface area contributed by atoms with Crippen LogP contribution in [0.3, 0.4) is 0 Å². The van der Waals surface area contributed by atoms with E-state index < -0.39 is 5.92 Å². The SMILES string of the molecule is COc1ccc(OC)c(C2C(C#N)=C(N)Oc3cc(C)n(CCO)c(=O)c32)c1. The van der Waals surface area contributed by atoms with Gasteiger partial charge < -0.3 is 29.6 Å². The van der Waals surface area contributed by atoms with Gasteiger partial charge in [-0.1, -0.05) is 0 Å². The van der Waals surface area contributed by atoms with Crippen LogP contribution in [0.4, 0.5) is 0 Å². The topological polar surface area (TPSA) is 120 Å². The summed E-state index contributed by atoms with van der Waals surface area (Å²) in [5, 5.41) is 19.1. The zero-order valence-electron chi connectivity index (χ0n) is 15.9. The number of pyridine rings is 1. The van der Waals surface area contributed by atoms with Crippen LogP contribution < -0.4 is 25.5 Å². The Hall–Kier alpha value is -3.44. The van der Waals surface area contributed by atoms with Crippen LogP contribution in [0.25, 0.3) is 0 Å². The standard InChI is InChI=1S/C20H21N3O5/c1-11-8-16-18(20(25)23(11)6-7-24)17(14(10-21)19(22)28-16)13-9-12(26-2)4-5-15(13)27-3/h4-5,8-9,17,24H,6-7,22H2,1-3H3. The summed E-state index contributed by atoms with van der Waals surface area (Å²) < 4.78 is 17.8. The fourth-order valence-electron chi connectivity index (χ4n) is 3.44. The number of nitriles is 1. The number of ether oxygens (including phenoxy) is 3. The van der Waals surface area contributed by atoms with Gasteiger partial charge in [-0.2, -0.15) is 5.26 Å². The molecule has 1 aromatic carbocycles. The lowest BCUT2D eigenvalue weighted by molar-refractivity contribution is 0.272. The minimum absolute atomic E-state index is 0.0661. The van der Waals surface area contributed by atoms with Gasteiger partial charge in [0.05, 0.1) is 32.3 Å². The first-order chi connectivity index (χ1) is 13.5. The summed E-state index contributed by atoms with van der Waals surface area (Å²) in [6.45, 7) is 1.67. The van der Waals surface area contributed by atoms with E-state index in [0.29, 0.717) is 22.8 Å². The lowest BCUT2D eigenvalue weighted by Gasteiger charge is -2.28. The number of nitrogens with zero attached hydrogens (tertiary/aromatic N) is 2. The Bertz CT molecular complexity index is 1050. The first-order valence-corrected chi connectivity index (χ1v) is 8.61. The van der Waals surface area contributed by atoms with Crippen molar-refractivity contribution in [3.05, 3.63) is 62.9 Å². The summed E-state index contributed by atoms with van der Waals surface area (Å²) in [5.41, 5.74) is 7.18. The Labute approximate surface area is 162 Å². The van der Waals surface area contributed by atoms with E-state index in [1.807, 2.05) is 0 Å². The van der Waals surface area contributed by atoms with Gasteiger partial charge in [0, 0.05) is 23.9 Å². The van der Waals surface area contributed by atoms with Crippen molar-refractivity contribution in [2.75, 3.05) is 20.8 Å². The van der Waals surface area contributed by atoms with Crippen LogP contribution >= 0.6 is 0 Å². The Balaban J connectivity index is 2.37. The summed E-state index contributed by atoms with van der Waals surface area (Å²) in [5.74, 6) is 0.443. The van der Waals surface area contributed by atoms with E-state index >= 15 is 0 Å². The van der Waals surface area contributed by atoms with Gasteiger partial charge in [0.15, 0.2) is 0 Å². The van der Waals surface area contributed by atoms with E-state index in [0.717, 1.165) is 0 Å². The van der Waals surface area contributed by atoms with E-state index in [1.54, 1.807) is 31.2 Å². The molecule has 0 saturated carbocycles. The highest BCUT2D eigenvalue weighted by atomic mass is 16.5. The third kappa shape index (κ3) is 3.06. The summed E-state index contributed by atoms with van der Waals surface area (Å²) in [6.07, 6.45) is 0. The second kappa shape index (κ2) is 7.66. The van der Waals surface area contributed by atoms with Crippen LogP contribution in [-0.2, 0) is 6.54 Å². The molecule has 2 heterocycles. The molecule has 1 aliphatic heterocycles. The first-order valence-electron chi connectivity index (χ1n) is 8.61. The maximum atomic E-state index is 13.3. The lowest BCUT2D eigenvalue weighted by atomic mass is 9.83. The molecular weight excluding hydrogens is 362 g/mol. The third-order valence-corrected chi connectivity index (χ3v) is 4.76. The average molecular weight is 383 g/mol. The molecule has 28 heavy (non-hydrogen) atoms. The zero-order valence-corrected chi connectivity index (χ0v) is 15.9. The number of hydrogen-bond donors (Lipinski definition) is 2. The number of aryl methyl sites for hydroxylation is 1. The van der Waals surface area contributed by atoms with Gasteiger partial charge in [0.1, 0.15) is 28.9 Å². The summed E-state index contributed by atoms with van der Waals surface area (Å²) in [4.78, 5) is 13.3. The minimum atomic E-state index is -0.795. The fraction of sp³-hybridized carbons (Fsp3) is 0.300. The quantitative estimate of drug-likeness (QED) is 0.800. The summed E-state index contributed by atoms with van der Waals surface area (Å²) >= 11 is 0. The fourth-order valence-corrected chi connectivity index (χ4v) is 3.44. The number of aliphatic hydroxyl groups is 1. The van der Waals surface area contributed by atoms with E-state index in [9.17, 15) is 15.2 Å². The van der Waals surface area contributed by atoms with Crippen molar-refractivity contribution in [1.82, 2.24) is 4.57 Å². The van der Waals surface area contributed by atoms with Gasteiger partial charge in [0.2, 0.25) is 5.88 Å².